The van der Waals surface area contributed by atoms with E-state index >= 15 is 0 Å². The Morgan fingerprint density at radius 3 is 2.45 bits per heavy atom. The first-order valence-corrected chi connectivity index (χ1v) is 6.12. The normalized spacial score (nSPS) is 16.1. The lowest BCUT2D eigenvalue weighted by atomic mass is 10.0. The van der Waals surface area contributed by atoms with Gasteiger partial charge in [-0.3, -0.25) is 0 Å². The van der Waals surface area contributed by atoms with Crippen molar-refractivity contribution in [1.82, 2.24) is 0 Å². The van der Waals surface area contributed by atoms with Crippen LogP contribution >= 0.6 is 0 Å². The van der Waals surface area contributed by atoms with Gasteiger partial charge >= 0.3 is 6.18 Å². The van der Waals surface area contributed by atoms with Crippen molar-refractivity contribution in [2.75, 3.05) is 11.9 Å². The third-order valence-electron chi connectivity index (χ3n) is 3.52. The number of nitrogens with zero attached hydrogens (tertiary/aromatic N) is 2. The molecule has 0 aromatic heterocycles. The van der Waals surface area contributed by atoms with Gasteiger partial charge in [0.15, 0.2) is 0 Å². The summed E-state index contributed by atoms with van der Waals surface area (Å²) in [5.41, 5.74) is -1.10. The van der Waals surface area contributed by atoms with Crippen LogP contribution < -0.4 is 5.32 Å². The Hall–Kier alpha value is -2.21. The Kier molecular flexibility index (Phi) is 3.59. The molecule has 1 aliphatic rings. The second kappa shape index (κ2) is 5.05. The lowest BCUT2D eigenvalue weighted by Gasteiger charge is -2.15. The molecular formula is C14H12F3N3. The van der Waals surface area contributed by atoms with E-state index in [0.717, 1.165) is 25.0 Å². The maximum Gasteiger partial charge on any atom is 0.417 e. The minimum absolute atomic E-state index is 0.0962. The molecule has 20 heavy (non-hydrogen) atoms. The first-order valence-electron chi connectivity index (χ1n) is 6.12. The van der Waals surface area contributed by atoms with Crippen LogP contribution in [0.15, 0.2) is 18.2 Å². The van der Waals surface area contributed by atoms with E-state index in [1.807, 2.05) is 0 Å². The zero-order valence-electron chi connectivity index (χ0n) is 10.6. The average Bonchev–Trinajstić information content (AvgIpc) is 3.16. The van der Waals surface area contributed by atoms with Gasteiger partial charge in [-0.25, -0.2) is 0 Å². The van der Waals surface area contributed by atoms with Crippen molar-refractivity contribution in [3.63, 3.8) is 0 Å². The third kappa shape index (κ3) is 3.03. The number of anilines is 1. The lowest BCUT2D eigenvalue weighted by molar-refractivity contribution is -0.137. The molecule has 1 saturated carbocycles. The number of hydrogen-bond acceptors (Lipinski definition) is 3. The second-order valence-electron chi connectivity index (χ2n) is 5.06. The summed E-state index contributed by atoms with van der Waals surface area (Å²) >= 11 is 0. The molecule has 0 aliphatic heterocycles. The lowest BCUT2D eigenvalue weighted by Crippen LogP contribution is -2.16. The van der Waals surface area contributed by atoms with Crippen LogP contribution in [0, 0.1) is 28.1 Å². The molecule has 0 saturated heterocycles. The minimum Gasteiger partial charge on any atom is -0.384 e. The molecule has 1 aromatic carbocycles. The van der Waals surface area contributed by atoms with E-state index < -0.39 is 11.7 Å². The molecule has 3 nitrogen and oxygen atoms in total. The van der Waals surface area contributed by atoms with Gasteiger partial charge in [0.2, 0.25) is 0 Å². The number of alkyl halides is 3. The summed E-state index contributed by atoms with van der Waals surface area (Å²) < 4.78 is 38.4. The van der Waals surface area contributed by atoms with E-state index in [1.54, 1.807) is 6.07 Å². The first kappa shape index (κ1) is 14.2. The molecule has 1 N–H and O–H groups in total. The van der Waals surface area contributed by atoms with Crippen molar-refractivity contribution in [2.45, 2.75) is 25.4 Å². The van der Waals surface area contributed by atoms with Gasteiger partial charge in [0.25, 0.3) is 0 Å². The molecule has 2 rings (SSSR count). The number of hydrogen-bond donors (Lipinski definition) is 1. The maximum absolute atomic E-state index is 12.8. The van der Waals surface area contributed by atoms with E-state index in [2.05, 4.69) is 11.4 Å². The van der Waals surface area contributed by atoms with Crippen LogP contribution in [-0.4, -0.2) is 6.54 Å². The van der Waals surface area contributed by atoms with Crippen molar-refractivity contribution in [1.29, 1.82) is 10.5 Å². The fourth-order valence-electron chi connectivity index (χ4n) is 2.04. The standard InChI is InChI=1S/C14H12F3N3/c15-14(16,17)12-7-11(2-1-10(12)8-19)20-9-13(3-4-13)5-6-18/h1-2,7,20H,3-5,9H2. The fourth-order valence-corrected chi connectivity index (χ4v) is 2.04. The molecule has 0 atom stereocenters. The van der Waals surface area contributed by atoms with E-state index in [1.165, 1.54) is 6.07 Å². The maximum atomic E-state index is 12.8. The number of nitriles is 2. The molecule has 1 aliphatic carbocycles. The fraction of sp³-hybridized carbons (Fsp3) is 0.429. The van der Waals surface area contributed by atoms with Gasteiger partial charge in [0, 0.05) is 24.1 Å². The number of rotatable bonds is 4. The highest BCUT2D eigenvalue weighted by molar-refractivity contribution is 5.53. The molecule has 0 unspecified atom stereocenters. The predicted molar refractivity (Wildman–Crippen MR) is 66.5 cm³/mol. The van der Waals surface area contributed by atoms with E-state index in [9.17, 15) is 13.2 Å². The molecule has 0 spiro atoms. The largest absolute Gasteiger partial charge is 0.417 e. The summed E-state index contributed by atoms with van der Waals surface area (Å²) in [6.45, 7) is 0.476. The summed E-state index contributed by atoms with van der Waals surface area (Å²) in [6.07, 6.45) is -2.32. The summed E-state index contributed by atoms with van der Waals surface area (Å²) in [7, 11) is 0. The Morgan fingerprint density at radius 1 is 1.25 bits per heavy atom. The summed E-state index contributed by atoms with van der Waals surface area (Å²) in [5.74, 6) is 0. The molecule has 1 aromatic rings. The van der Waals surface area contributed by atoms with Crippen molar-refractivity contribution in [3.8, 4) is 12.1 Å². The zero-order valence-corrected chi connectivity index (χ0v) is 10.6. The highest BCUT2D eigenvalue weighted by Crippen LogP contribution is 2.48. The monoisotopic (exact) mass is 279 g/mol. The molecule has 0 radical (unpaired) electrons. The molecule has 0 amide bonds. The van der Waals surface area contributed by atoms with Crippen molar-refractivity contribution < 1.29 is 13.2 Å². The smallest absolute Gasteiger partial charge is 0.384 e. The van der Waals surface area contributed by atoms with Crippen LogP contribution in [0.3, 0.4) is 0 Å². The molecule has 1 fully saturated rings. The summed E-state index contributed by atoms with van der Waals surface area (Å²) in [6, 6.07) is 7.20. The van der Waals surface area contributed by atoms with Crippen LogP contribution in [0.1, 0.15) is 30.4 Å². The van der Waals surface area contributed by atoms with Crippen LogP contribution in [0.5, 0.6) is 0 Å². The first-order chi connectivity index (χ1) is 9.40. The van der Waals surface area contributed by atoms with Crippen molar-refractivity contribution in [3.05, 3.63) is 29.3 Å². The van der Waals surface area contributed by atoms with E-state index in [-0.39, 0.29) is 11.0 Å². The number of benzene rings is 1. The van der Waals surface area contributed by atoms with Crippen molar-refractivity contribution >= 4 is 5.69 Å². The van der Waals surface area contributed by atoms with E-state index in [4.69, 9.17) is 10.5 Å². The van der Waals surface area contributed by atoms with Gasteiger partial charge in [-0.05, 0) is 31.0 Å². The number of halogens is 3. The predicted octanol–water partition coefficient (Wildman–Crippen LogP) is 3.68. The Labute approximate surface area is 114 Å². The minimum atomic E-state index is -4.55. The summed E-state index contributed by atoms with van der Waals surface area (Å²) in [5, 5.41) is 20.3. The molecular weight excluding hydrogens is 267 g/mol. The van der Waals surface area contributed by atoms with Crippen molar-refractivity contribution in [2.24, 2.45) is 5.41 Å². The average molecular weight is 279 g/mol. The number of nitrogens with one attached hydrogen (secondary N) is 1. The van der Waals surface area contributed by atoms with E-state index in [0.29, 0.717) is 18.7 Å². The molecule has 0 heterocycles. The van der Waals surface area contributed by atoms with Gasteiger partial charge < -0.3 is 5.32 Å². The molecule has 6 heteroatoms. The Balaban J connectivity index is 2.15. The Morgan fingerprint density at radius 2 is 1.95 bits per heavy atom. The highest BCUT2D eigenvalue weighted by Gasteiger charge is 2.42. The molecule has 0 bridgehead atoms. The SMILES string of the molecule is N#CCC1(CNc2ccc(C#N)c(C(F)(F)F)c2)CC1. The second-order valence-corrected chi connectivity index (χ2v) is 5.06. The van der Waals surface area contributed by atoms with Gasteiger partial charge in [-0.1, -0.05) is 0 Å². The van der Waals surface area contributed by atoms with Crippen LogP contribution in [0.2, 0.25) is 0 Å². The molecule has 104 valence electrons. The third-order valence-corrected chi connectivity index (χ3v) is 3.52. The van der Waals surface area contributed by atoms with Gasteiger partial charge in [-0.15, -0.1) is 0 Å². The van der Waals surface area contributed by atoms with Crippen LogP contribution in [-0.2, 0) is 6.18 Å². The van der Waals surface area contributed by atoms with Gasteiger partial charge in [-0.2, -0.15) is 23.7 Å². The zero-order chi connectivity index (χ0) is 14.8. The quantitative estimate of drug-likeness (QED) is 0.914. The van der Waals surface area contributed by atoms with Gasteiger partial charge in [0.1, 0.15) is 0 Å². The topological polar surface area (TPSA) is 59.6 Å². The Bertz CT molecular complexity index is 589. The van der Waals surface area contributed by atoms with Crippen LogP contribution in [0.4, 0.5) is 18.9 Å². The van der Waals surface area contributed by atoms with Gasteiger partial charge in [0.05, 0.1) is 23.3 Å². The van der Waals surface area contributed by atoms with Crippen LogP contribution in [0.25, 0.3) is 0 Å². The highest BCUT2D eigenvalue weighted by atomic mass is 19.4. The summed E-state index contributed by atoms with van der Waals surface area (Å²) in [4.78, 5) is 0.